The summed E-state index contributed by atoms with van der Waals surface area (Å²) in [6, 6.07) is 9.94. The summed E-state index contributed by atoms with van der Waals surface area (Å²) in [6.45, 7) is 1.36. The van der Waals surface area contributed by atoms with E-state index in [1.165, 1.54) is 12.1 Å². The van der Waals surface area contributed by atoms with E-state index in [1.54, 1.807) is 22.8 Å². The van der Waals surface area contributed by atoms with Gasteiger partial charge in [0.05, 0.1) is 17.5 Å². The molecule has 0 atom stereocenters. The van der Waals surface area contributed by atoms with Gasteiger partial charge in [-0.05, 0) is 49.2 Å². The highest BCUT2D eigenvalue weighted by Crippen LogP contribution is 2.40. The molecule has 0 radical (unpaired) electrons. The number of rotatable bonds is 3. The molecule has 4 aromatic rings. The SMILES string of the molecule is Nc1cn2nc(-c3c(-c4ccc(F)cc4)noc3C3CCOCC3)ccc2n1. The molecule has 142 valence electrons. The number of nitrogens with two attached hydrogens (primary N) is 1. The van der Waals surface area contributed by atoms with Crippen LogP contribution < -0.4 is 5.73 Å². The highest BCUT2D eigenvalue weighted by Gasteiger charge is 2.28. The Morgan fingerprint density at radius 1 is 1.07 bits per heavy atom. The first-order valence-electron chi connectivity index (χ1n) is 9.14. The van der Waals surface area contributed by atoms with Gasteiger partial charge in [-0.1, -0.05) is 5.16 Å². The molecule has 3 aromatic heterocycles. The Hall–Kier alpha value is -3.26. The first-order valence-corrected chi connectivity index (χ1v) is 9.14. The summed E-state index contributed by atoms with van der Waals surface area (Å²) >= 11 is 0. The highest BCUT2D eigenvalue weighted by atomic mass is 19.1. The molecule has 1 saturated heterocycles. The molecule has 0 bridgehead atoms. The summed E-state index contributed by atoms with van der Waals surface area (Å²) < 4.78 is 26.3. The summed E-state index contributed by atoms with van der Waals surface area (Å²) in [5.41, 5.74) is 9.37. The molecular formula is C20H18FN5O2. The first kappa shape index (κ1) is 16.9. The summed E-state index contributed by atoms with van der Waals surface area (Å²) in [5.74, 6) is 1.07. The highest BCUT2D eigenvalue weighted by molar-refractivity contribution is 5.80. The number of nitrogen functional groups attached to an aromatic ring is 1. The van der Waals surface area contributed by atoms with Crippen molar-refractivity contribution in [2.45, 2.75) is 18.8 Å². The zero-order valence-electron chi connectivity index (χ0n) is 15.0. The second-order valence-electron chi connectivity index (χ2n) is 6.85. The van der Waals surface area contributed by atoms with Gasteiger partial charge in [-0.2, -0.15) is 5.10 Å². The molecule has 1 aliphatic heterocycles. The van der Waals surface area contributed by atoms with Gasteiger partial charge in [0.1, 0.15) is 23.1 Å². The Kier molecular flexibility index (Phi) is 4.05. The molecule has 4 heterocycles. The minimum absolute atomic E-state index is 0.191. The predicted octanol–water partition coefficient (Wildman–Crippen LogP) is 3.67. The molecule has 0 amide bonds. The summed E-state index contributed by atoms with van der Waals surface area (Å²) in [6.07, 6.45) is 3.37. The van der Waals surface area contributed by atoms with Crippen molar-refractivity contribution in [1.29, 1.82) is 0 Å². The van der Waals surface area contributed by atoms with Gasteiger partial charge >= 0.3 is 0 Å². The van der Waals surface area contributed by atoms with Gasteiger partial charge in [0.15, 0.2) is 5.65 Å². The van der Waals surface area contributed by atoms with Crippen molar-refractivity contribution in [2.75, 3.05) is 18.9 Å². The standard InChI is InChI=1S/C20H18FN5O2/c21-14-3-1-12(2-4-14)19-18(20(28-25-19)13-7-9-27-10-8-13)15-5-6-17-23-16(22)11-26(17)24-15/h1-6,11,13H,7-10,22H2. The maximum Gasteiger partial charge on any atom is 0.156 e. The quantitative estimate of drug-likeness (QED) is 0.584. The lowest BCUT2D eigenvalue weighted by Crippen LogP contribution is -2.14. The van der Waals surface area contributed by atoms with Crippen molar-refractivity contribution in [3.8, 4) is 22.5 Å². The van der Waals surface area contributed by atoms with Crippen LogP contribution in [-0.4, -0.2) is 33.0 Å². The van der Waals surface area contributed by atoms with Gasteiger partial charge in [-0.15, -0.1) is 0 Å². The number of aromatic nitrogens is 4. The van der Waals surface area contributed by atoms with E-state index < -0.39 is 0 Å². The van der Waals surface area contributed by atoms with Crippen LogP contribution in [0.3, 0.4) is 0 Å². The molecule has 2 N–H and O–H groups in total. The molecule has 5 rings (SSSR count). The predicted molar refractivity (Wildman–Crippen MR) is 101 cm³/mol. The minimum atomic E-state index is -0.299. The Bertz CT molecular complexity index is 1130. The number of anilines is 1. The third kappa shape index (κ3) is 2.91. The van der Waals surface area contributed by atoms with Gasteiger partial charge in [-0.3, -0.25) is 0 Å². The van der Waals surface area contributed by atoms with E-state index in [0.29, 0.717) is 36.1 Å². The lowest BCUT2D eigenvalue weighted by atomic mass is 9.91. The lowest BCUT2D eigenvalue weighted by molar-refractivity contribution is 0.0792. The number of nitrogens with zero attached hydrogens (tertiary/aromatic N) is 4. The van der Waals surface area contributed by atoms with Gasteiger partial charge in [0.2, 0.25) is 0 Å². The monoisotopic (exact) mass is 379 g/mol. The van der Waals surface area contributed by atoms with Crippen molar-refractivity contribution < 1.29 is 13.7 Å². The number of benzene rings is 1. The summed E-state index contributed by atoms with van der Waals surface area (Å²) in [4.78, 5) is 4.22. The van der Waals surface area contributed by atoms with Crippen LogP contribution in [0, 0.1) is 5.82 Å². The molecule has 0 spiro atoms. The number of hydrogen-bond donors (Lipinski definition) is 1. The van der Waals surface area contributed by atoms with Gasteiger partial charge < -0.3 is 15.0 Å². The largest absolute Gasteiger partial charge is 0.382 e. The van der Waals surface area contributed by atoms with Crippen LogP contribution in [0.4, 0.5) is 10.2 Å². The topological polar surface area (TPSA) is 91.5 Å². The molecule has 0 aliphatic carbocycles. The Morgan fingerprint density at radius 3 is 2.64 bits per heavy atom. The first-order chi connectivity index (χ1) is 13.7. The number of hydrogen-bond acceptors (Lipinski definition) is 6. The second-order valence-corrected chi connectivity index (χ2v) is 6.85. The molecule has 0 unspecified atom stereocenters. The average molecular weight is 379 g/mol. The van der Waals surface area contributed by atoms with E-state index in [1.807, 2.05) is 12.1 Å². The lowest BCUT2D eigenvalue weighted by Gasteiger charge is -2.20. The van der Waals surface area contributed by atoms with Crippen molar-refractivity contribution in [3.63, 3.8) is 0 Å². The summed E-state index contributed by atoms with van der Waals surface area (Å²) in [5, 5.41) is 8.99. The Labute approximate surface area is 159 Å². The van der Waals surface area contributed by atoms with Crippen molar-refractivity contribution in [3.05, 3.63) is 54.2 Å². The smallest absolute Gasteiger partial charge is 0.156 e. The summed E-state index contributed by atoms with van der Waals surface area (Å²) in [7, 11) is 0. The number of halogens is 1. The Balaban J connectivity index is 1.69. The second kappa shape index (κ2) is 6.72. The zero-order valence-corrected chi connectivity index (χ0v) is 15.0. The molecule has 7 nitrogen and oxygen atoms in total. The van der Waals surface area contributed by atoms with E-state index in [0.717, 1.165) is 29.7 Å². The van der Waals surface area contributed by atoms with E-state index in [2.05, 4.69) is 15.2 Å². The van der Waals surface area contributed by atoms with E-state index >= 15 is 0 Å². The number of imidazole rings is 1. The molecule has 1 fully saturated rings. The minimum Gasteiger partial charge on any atom is -0.382 e. The fraction of sp³-hybridized carbons (Fsp3) is 0.250. The van der Waals surface area contributed by atoms with E-state index in [9.17, 15) is 4.39 Å². The fourth-order valence-corrected chi connectivity index (χ4v) is 3.63. The van der Waals surface area contributed by atoms with Crippen molar-refractivity contribution in [1.82, 2.24) is 19.8 Å². The third-order valence-electron chi connectivity index (χ3n) is 5.02. The third-order valence-corrected chi connectivity index (χ3v) is 5.02. The number of fused-ring (bicyclic) bond motifs is 1. The molecule has 1 aromatic carbocycles. The van der Waals surface area contributed by atoms with Crippen molar-refractivity contribution >= 4 is 11.5 Å². The van der Waals surface area contributed by atoms with Crippen LogP contribution in [-0.2, 0) is 4.74 Å². The Morgan fingerprint density at radius 2 is 1.86 bits per heavy atom. The van der Waals surface area contributed by atoms with Crippen LogP contribution in [0.2, 0.25) is 0 Å². The molecule has 8 heteroatoms. The molecule has 1 aliphatic rings. The maximum atomic E-state index is 13.4. The van der Waals surface area contributed by atoms with E-state index in [4.69, 9.17) is 15.0 Å². The van der Waals surface area contributed by atoms with Gasteiger partial charge in [-0.25, -0.2) is 13.9 Å². The van der Waals surface area contributed by atoms with Crippen LogP contribution in [0.25, 0.3) is 28.2 Å². The zero-order chi connectivity index (χ0) is 19.1. The van der Waals surface area contributed by atoms with E-state index in [-0.39, 0.29) is 11.7 Å². The maximum absolute atomic E-state index is 13.4. The van der Waals surface area contributed by atoms with Crippen LogP contribution in [0.5, 0.6) is 0 Å². The van der Waals surface area contributed by atoms with Crippen molar-refractivity contribution in [2.24, 2.45) is 0 Å². The molecular weight excluding hydrogens is 361 g/mol. The normalized spacial score (nSPS) is 15.3. The van der Waals surface area contributed by atoms with Gasteiger partial charge in [0.25, 0.3) is 0 Å². The average Bonchev–Trinajstić information content (AvgIpc) is 3.31. The number of ether oxygens (including phenoxy) is 1. The molecule has 0 saturated carbocycles. The van der Waals surface area contributed by atoms with Crippen LogP contribution in [0.15, 0.2) is 47.1 Å². The van der Waals surface area contributed by atoms with Crippen LogP contribution >= 0.6 is 0 Å². The molecule has 28 heavy (non-hydrogen) atoms. The van der Waals surface area contributed by atoms with Crippen LogP contribution in [0.1, 0.15) is 24.5 Å². The fourth-order valence-electron chi connectivity index (χ4n) is 3.63. The van der Waals surface area contributed by atoms with Gasteiger partial charge in [0, 0.05) is 24.7 Å².